The Morgan fingerprint density at radius 2 is 1.41 bits per heavy atom. The third-order valence-corrected chi connectivity index (χ3v) is 5.70. The standard InChI is InChI=1S/C27H21BrClNO2/c28-23-11-9-22(10-12-23)27(31)30(18-20-5-2-1-3-6-20)19-21-7-4-8-26(17-21)32-25-15-13-24(29)14-16-25/h1-17H,18-19H2. The minimum absolute atomic E-state index is 0.0228. The second-order valence-corrected chi connectivity index (χ2v) is 8.71. The van der Waals surface area contributed by atoms with E-state index in [4.69, 9.17) is 16.3 Å². The zero-order chi connectivity index (χ0) is 22.3. The molecule has 0 spiro atoms. The van der Waals surface area contributed by atoms with Crippen LogP contribution in [0.4, 0.5) is 0 Å². The van der Waals surface area contributed by atoms with Crippen molar-refractivity contribution in [2.45, 2.75) is 13.1 Å². The molecule has 0 radical (unpaired) electrons. The number of nitrogens with zero attached hydrogens (tertiary/aromatic N) is 1. The van der Waals surface area contributed by atoms with Crippen molar-refractivity contribution in [3.05, 3.63) is 129 Å². The topological polar surface area (TPSA) is 29.5 Å². The third kappa shape index (κ3) is 6.00. The first kappa shape index (κ1) is 22.1. The van der Waals surface area contributed by atoms with Gasteiger partial charge in [-0.15, -0.1) is 0 Å². The highest BCUT2D eigenvalue weighted by molar-refractivity contribution is 9.10. The summed E-state index contributed by atoms with van der Waals surface area (Å²) in [6.07, 6.45) is 0. The van der Waals surface area contributed by atoms with Crippen LogP contribution in [-0.2, 0) is 13.1 Å². The van der Waals surface area contributed by atoms with E-state index in [0.717, 1.165) is 15.6 Å². The minimum Gasteiger partial charge on any atom is -0.457 e. The van der Waals surface area contributed by atoms with Gasteiger partial charge in [0, 0.05) is 28.1 Å². The van der Waals surface area contributed by atoms with Gasteiger partial charge in [0.25, 0.3) is 5.91 Å². The molecular weight excluding hydrogens is 486 g/mol. The molecule has 160 valence electrons. The van der Waals surface area contributed by atoms with Crippen LogP contribution in [0.2, 0.25) is 5.02 Å². The zero-order valence-electron chi connectivity index (χ0n) is 17.2. The molecule has 0 atom stereocenters. The molecule has 0 unspecified atom stereocenters. The highest BCUT2D eigenvalue weighted by atomic mass is 79.9. The first-order valence-corrected chi connectivity index (χ1v) is 11.3. The van der Waals surface area contributed by atoms with E-state index in [-0.39, 0.29) is 5.91 Å². The number of hydrogen-bond donors (Lipinski definition) is 0. The van der Waals surface area contributed by atoms with Gasteiger partial charge in [-0.3, -0.25) is 4.79 Å². The molecule has 0 heterocycles. The maximum atomic E-state index is 13.3. The lowest BCUT2D eigenvalue weighted by Crippen LogP contribution is -2.30. The van der Waals surface area contributed by atoms with Crippen LogP contribution < -0.4 is 4.74 Å². The van der Waals surface area contributed by atoms with E-state index in [1.54, 1.807) is 12.1 Å². The largest absolute Gasteiger partial charge is 0.457 e. The summed E-state index contributed by atoms with van der Waals surface area (Å²) < 4.78 is 6.91. The molecule has 3 nitrogen and oxygen atoms in total. The molecule has 5 heteroatoms. The molecule has 0 saturated carbocycles. The number of hydrogen-bond acceptors (Lipinski definition) is 2. The Balaban J connectivity index is 1.56. The summed E-state index contributed by atoms with van der Waals surface area (Å²) in [4.78, 5) is 15.2. The van der Waals surface area contributed by atoms with E-state index >= 15 is 0 Å². The van der Waals surface area contributed by atoms with Gasteiger partial charge in [0.2, 0.25) is 0 Å². The summed E-state index contributed by atoms with van der Waals surface area (Å²) >= 11 is 9.39. The third-order valence-electron chi connectivity index (χ3n) is 4.92. The van der Waals surface area contributed by atoms with Crippen LogP contribution in [0.5, 0.6) is 11.5 Å². The predicted molar refractivity (Wildman–Crippen MR) is 132 cm³/mol. The van der Waals surface area contributed by atoms with Crippen LogP contribution in [0.3, 0.4) is 0 Å². The molecule has 0 saturated heterocycles. The first-order chi connectivity index (χ1) is 15.6. The molecule has 1 amide bonds. The number of halogens is 2. The maximum Gasteiger partial charge on any atom is 0.254 e. The summed E-state index contributed by atoms with van der Waals surface area (Å²) in [6.45, 7) is 0.972. The van der Waals surface area contributed by atoms with Crippen LogP contribution in [0, 0.1) is 0 Å². The highest BCUT2D eigenvalue weighted by Gasteiger charge is 2.17. The van der Waals surface area contributed by atoms with Crippen molar-refractivity contribution in [1.29, 1.82) is 0 Å². The van der Waals surface area contributed by atoms with E-state index in [2.05, 4.69) is 15.9 Å². The minimum atomic E-state index is -0.0228. The quantitative estimate of drug-likeness (QED) is 0.256. The summed E-state index contributed by atoms with van der Waals surface area (Å²) in [5.74, 6) is 1.39. The Morgan fingerprint density at radius 3 is 2.12 bits per heavy atom. The summed E-state index contributed by atoms with van der Waals surface area (Å²) in [6, 6.07) is 32.5. The van der Waals surface area contributed by atoms with Crippen LogP contribution >= 0.6 is 27.5 Å². The van der Waals surface area contributed by atoms with Gasteiger partial charge in [-0.2, -0.15) is 0 Å². The highest BCUT2D eigenvalue weighted by Crippen LogP contribution is 2.25. The van der Waals surface area contributed by atoms with Crippen LogP contribution in [0.1, 0.15) is 21.5 Å². The lowest BCUT2D eigenvalue weighted by Gasteiger charge is -2.23. The Hall–Kier alpha value is -3.08. The van der Waals surface area contributed by atoms with Crippen molar-refractivity contribution >= 4 is 33.4 Å². The number of benzene rings is 4. The Kier molecular flexibility index (Phi) is 7.25. The molecule has 0 fully saturated rings. The molecule has 0 aliphatic carbocycles. The molecule has 0 aliphatic heterocycles. The fourth-order valence-electron chi connectivity index (χ4n) is 3.34. The van der Waals surface area contributed by atoms with Crippen molar-refractivity contribution in [3.63, 3.8) is 0 Å². The lowest BCUT2D eigenvalue weighted by atomic mass is 10.1. The number of ether oxygens (including phenoxy) is 1. The van der Waals surface area contributed by atoms with Gasteiger partial charge in [-0.25, -0.2) is 0 Å². The zero-order valence-corrected chi connectivity index (χ0v) is 19.6. The van der Waals surface area contributed by atoms with Gasteiger partial charge in [-0.1, -0.05) is 70.0 Å². The van der Waals surface area contributed by atoms with E-state index in [1.807, 2.05) is 95.9 Å². The predicted octanol–water partition coefficient (Wildman–Crippen LogP) is 7.74. The molecular formula is C27H21BrClNO2. The molecule has 0 N–H and O–H groups in total. The maximum absolute atomic E-state index is 13.3. The summed E-state index contributed by atoms with van der Waals surface area (Å²) in [5, 5.41) is 0.661. The van der Waals surface area contributed by atoms with Gasteiger partial charge in [0.05, 0.1) is 0 Å². The Labute approximate surface area is 201 Å². The van der Waals surface area contributed by atoms with Gasteiger partial charge >= 0.3 is 0 Å². The van der Waals surface area contributed by atoms with E-state index < -0.39 is 0 Å². The number of carbonyl (C=O) groups is 1. The van der Waals surface area contributed by atoms with Crippen LogP contribution in [0.15, 0.2) is 108 Å². The van der Waals surface area contributed by atoms with Gasteiger partial charge in [0.15, 0.2) is 0 Å². The SMILES string of the molecule is O=C(c1ccc(Br)cc1)N(Cc1ccccc1)Cc1cccc(Oc2ccc(Cl)cc2)c1. The summed E-state index contributed by atoms with van der Waals surface area (Å²) in [5.41, 5.74) is 2.71. The van der Waals surface area contributed by atoms with Gasteiger partial charge in [0.1, 0.15) is 11.5 Å². The van der Waals surface area contributed by atoms with Crippen molar-refractivity contribution in [1.82, 2.24) is 4.90 Å². The monoisotopic (exact) mass is 505 g/mol. The van der Waals surface area contributed by atoms with Crippen LogP contribution in [0.25, 0.3) is 0 Å². The number of carbonyl (C=O) groups excluding carboxylic acids is 1. The summed E-state index contributed by atoms with van der Waals surface area (Å²) in [7, 11) is 0. The van der Waals surface area contributed by atoms with Crippen molar-refractivity contribution < 1.29 is 9.53 Å². The Bertz CT molecular complexity index is 1180. The van der Waals surface area contributed by atoms with Crippen molar-refractivity contribution in [3.8, 4) is 11.5 Å². The molecule has 4 rings (SSSR count). The fourth-order valence-corrected chi connectivity index (χ4v) is 3.74. The van der Waals surface area contributed by atoms with E-state index in [1.165, 1.54) is 0 Å². The second kappa shape index (κ2) is 10.5. The molecule has 32 heavy (non-hydrogen) atoms. The molecule has 0 aliphatic rings. The molecule has 0 aromatic heterocycles. The normalized spacial score (nSPS) is 10.6. The molecule has 4 aromatic rings. The van der Waals surface area contributed by atoms with Gasteiger partial charge in [-0.05, 0) is 71.8 Å². The second-order valence-electron chi connectivity index (χ2n) is 7.36. The smallest absolute Gasteiger partial charge is 0.254 e. The number of rotatable bonds is 7. The van der Waals surface area contributed by atoms with E-state index in [9.17, 15) is 4.79 Å². The van der Waals surface area contributed by atoms with Crippen molar-refractivity contribution in [2.75, 3.05) is 0 Å². The van der Waals surface area contributed by atoms with Crippen LogP contribution in [-0.4, -0.2) is 10.8 Å². The average Bonchev–Trinajstić information content (AvgIpc) is 2.81. The fraction of sp³-hybridized carbons (Fsp3) is 0.0741. The number of amides is 1. The van der Waals surface area contributed by atoms with Crippen molar-refractivity contribution in [2.24, 2.45) is 0 Å². The average molecular weight is 507 g/mol. The Morgan fingerprint density at radius 1 is 0.750 bits per heavy atom. The first-order valence-electron chi connectivity index (χ1n) is 10.2. The molecule has 0 bridgehead atoms. The van der Waals surface area contributed by atoms with Gasteiger partial charge < -0.3 is 9.64 Å². The molecule has 4 aromatic carbocycles. The van der Waals surface area contributed by atoms with E-state index in [0.29, 0.717) is 35.2 Å². The lowest BCUT2D eigenvalue weighted by molar-refractivity contribution is 0.0730.